The number of morpholine rings is 1. The quantitative estimate of drug-likeness (QED) is 0.702. The van der Waals surface area contributed by atoms with Gasteiger partial charge >= 0.3 is 0 Å². The normalized spacial score (nSPS) is 18.7. The van der Waals surface area contributed by atoms with Crippen LogP contribution in [0.3, 0.4) is 0 Å². The molecule has 0 spiro atoms. The first-order valence-electron chi connectivity index (χ1n) is 8.61. The summed E-state index contributed by atoms with van der Waals surface area (Å²) in [7, 11) is 1.62. The summed E-state index contributed by atoms with van der Waals surface area (Å²) in [5, 5.41) is 2.92. The Labute approximate surface area is 158 Å². The maximum Gasteiger partial charge on any atom is 0.244 e. The number of hydrogen-bond donors (Lipinski definition) is 1. The molecule has 0 aliphatic carbocycles. The molecular weight excluding hydrogens is 384 g/mol. The number of ether oxygens (including phenoxy) is 2. The third-order valence-corrected chi connectivity index (χ3v) is 4.45. The predicted octanol–water partition coefficient (Wildman–Crippen LogP) is 2.94. The van der Waals surface area contributed by atoms with E-state index in [-0.39, 0.29) is 12.0 Å². The summed E-state index contributed by atoms with van der Waals surface area (Å²) in [6.45, 7) is 8.56. The maximum atomic E-state index is 12.1. The predicted molar refractivity (Wildman–Crippen MR) is 104 cm³/mol. The third kappa shape index (κ3) is 6.80. The maximum absolute atomic E-state index is 12.1. The molecule has 25 heavy (non-hydrogen) atoms. The Morgan fingerprint density at radius 1 is 1.52 bits per heavy atom. The molecule has 138 valence electrons. The van der Waals surface area contributed by atoms with Crippen molar-refractivity contribution in [2.24, 2.45) is 5.92 Å². The van der Waals surface area contributed by atoms with E-state index in [9.17, 15) is 4.79 Å². The highest BCUT2D eigenvalue weighted by Crippen LogP contribution is 2.24. The summed E-state index contributed by atoms with van der Waals surface area (Å²) in [5.41, 5.74) is 0.851. The third-order valence-electron chi connectivity index (χ3n) is 3.96. The molecule has 2 rings (SSSR count). The molecule has 1 heterocycles. The zero-order valence-corrected chi connectivity index (χ0v) is 16.7. The first-order chi connectivity index (χ1) is 12.0. The van der Waals surface area contributed by atoms with Gasteiger partial charge in [0.25, 0.3) is 0 Å². The van der Waals surface area contributed by atoms with Crippen LogP contribution in [0.5, 0.6) is 5.75 Å². The van der Waals surface area contributed by atoms with Gasteiger partial charge in [0.1, 0.15) is 5.75 Å². The second-order valence-corrected chi connectivity index (χ2v) is 7.53. The average molecular weight is 411 g/mol. The van der Waals surface area contributed by atoms with E-state index in [4.69, 9.17) is 9.47 Å². The van der Waals surface area contributed by atoms with Gasteiger partial charge in [0.15, 0.2) is 0 Å². The lowest BCUT2D eigenvalue weighted by atomic mass is 10.1. The van der Waals surface area contributed by atoms with Gasteiger partial charge in [-0.1, -0.05) is 29.8 Å². The fourth-order valence-corrected chi connectivity index (χ4v) is 3.24. The first kappa shape index (κ1) is 19.9. The molecule has 1 atom stereocenters. The van der Waals surface area contributed by atoms with E-state index in [0.29, 0.717) is 12.5 Å². The minimum atomic E-state index is -0.133. The fourth-order valence-electron chi connectivity index (χ4n) is 2.86. The standard InChI is InChI=1S/C19H27BrN2O3/c1-14(2)12-22-8-9-25-17(13-22)11-21-19(23)7-4-15-10-16(20)5-6-18(15)24-3/h4-7,10,14,17H,8-9,11-13H2,1-3H3,(H,21,23)/b7-4+. The lowest BCUT2D eigenvalue weighted by Gasteiger charge is -2.33. The van der Waals surface area contributed by atoms with Crippen LogP contribution in [0.2, 0.25) is 0 Å². The molecule has 1 aliphatic rings. The summed E-state index contributed by atoms with van der Waals surface area (Å²) in [5.74, 6) is 1.23. The number of nitrogens with zero attached hydrogens (tertiary/aromatic N) is 1. The molecule has 1 aromatic rings. The summed E-state index contributed by atoms with van der Waals surface area (Å²) in [6.07, 6.45) is 3.33. The minimum absolute atomic E-state index is 0.0465. The van der Waals surface area contributed by atoms with E-state index in [1.165, 1.54) is 6.08 Å². The largest absolute Gasteiger partial charge is 0.496 e. The second kappa shape index (κ2) is 9.94. The first-order valence-corrected chi connectivity index (χ1v) is 9.40. The highest BCUT2D eigenvalue weighted by atomic mass is 79.9. The number of carbonyl (C=O) groups is 1. The molecule has 1 saturated heterocycles. The molecule has 5 nitrogen and oxygen atoms in total. The van der Waals surface area contributed by atoms with Crippen molar-refractivity contribution < 1.29 is 14.3 Å². The van der Waals surface area contributed by atoms with Crippen LogP contribution in [0.1, 0.15) is 19.4 Å². The van der Waals surface area contributed by atoms with Gasteiger partial charge in [0, 0.05) is 42.3 Å². The van der Waals surface area contributed by atoms with Crippen molar-refractivity contribution in [2.75, 3.05) is 39.9 Å². The van der Waals surface area contributed by atoms with Crippen LogP contribution in [-0.2, 0) is 9.53 Å². The molecule has 1 fully saturated rings. The molecule has 1 aliphatic heterocycles. The number of benzene rings is 1. The Morgan fingerprint density at radius 3 is 3.04 bits per heavy atom. The zero-order valence-electron chi connectivity index (χ0n) is 15.1. The fraction of sp³-hybridized carbons (Fsp3) is 0.526. The van der Waals surface area contributed by atoms with Crippen molar-refractivity contribution in [2.45, 2.75) is 20.0 Å². The lowest BCUT2D eigenvalue weighted by molar-refractivity contribution is -0.117. The zero-order chi connectivity index (χ0) is 18.2. The number of halogens is 1. The van der Waals surface area contributed by atoms with Gasteiger partial charge in [-0.05, 0) is 30.2 Å². The van der Waals surface area contributed by atoms with Gasteiger partial charge < -0.3 is 14.8 Å². The van der Waals surface area contributed by atoms with Crippen LogP contribution in [0.4, 0.5) is 0 Å². The highest BCUT2D eigenvalue weighted by Gasteiger charge is 2.21. The summed E-state index contributed by atoms with van der Waals surface area (Å²) >= 11 is 3.43. The summed E-state index contributed by atoms with van der Waals surface area (Å²) in [4.78, 5) is 14.5. The van der Waals surface area contributed by atoms with E-state index < -0.39 is 0 Å². The monoisotopic (exact) mass is 410 g/mol. The number of nitrogens with one attached hydrogen (secondary N) is 1. The van der Waals surface area contributed by atoms with Gasteiger partial charge in [-0.25, -0.2) is 0 Å². The second-order valence-electron chi connectivity index (χ2n) is 6.61. The number of amides is 1. The molecule has 6 heteroatoms. The van der Waals surface area contributed by atoms with Crippen LogP contribution in [0, 0.1) is 5.92 Å². The molecule has 0 radical (unpaired) electrons. The molecule has 0 bridgehead atoms. The smallest absolute Gasteiger partial charge is 0.244 e. The number of hydrogen-bond acceptors (Lipinski definition) is 4. The molecule has 1 aromatic carbocycles. The van der Waals surface area contributed by atoms with Crippen LogP contribution in [0.25, 0.3) is 6.08 Å². The van der Waals surface area contributed by atoms with Crippen molar-refractivity contribution in [1.82, 2.24) is 10.2 Å². The summed E-state index contributed by atoms with van der Waals surface area (Å²) in [6, 6.07) is 5.68. The van der Waals surface area contributed by atoms with Gasteiger partial charge in [0.2, 0.25) is 5.91 Å². The van der Waals surface area contributed by atoms with Crippen LogP contribution in [0.15, 0.2) is 28.7 Å². The molecule has 0 saturated carbocycles. The SMILES string of the molecule is COc1ccc(Br)cc1/C=C/C(=O)NCC1CN(CC(C)C)CCO1. The van der Waals surface area contributed by atoms with Crippen molar-refractivity contribution >= 4 is 27.9 Å². The number of rotatable bonds is 7. The van der Waals surface area contributed by atoms with Gasteiger partial charge in [-0.3, -0.25) is 9.69 Å². The number of methoxy groups -OCH3 is 1. The number of carbonyl (C=O) groups excluding carboxylic acids is 1. The van der Waals surface area contributed by atoms with E-state index in [0.717, 1.165) is 42.0 Å². The van der Waals surface area contributed by atoms with Crippen molar-refractivity contribution in [3.8, 4) is 5.75 Å². The van der Waals surface area contributed by atoms with Crippen LogP contribution in [-0.4, -0.2) is 56.8 Å². The van der Waals surface area contributed by atoms with Crippen molar-refractivity contribution in [3.63, 3.8) is 0 Å². The van der Waals surface area contributed by atoms with E-state index in [1.54, 1.807) is 13.2 Å². The minimum Gasteiger partial charge on any atom is -0.496 e. The Morgan fingerprint density at radius 2 is 2.32 bits per heavy atom. The Hall–Kier alpha value is -1.37. The van der Waals surface area contributed by atoms with Gasteiger partial charge in [-0.2, -0.15) is 0 Å². The van der Waals surface area contributed by atoms with Crippen molar-refractivity contribution in [1.29, 1.82) is 0 Å². The molecule has 0 aromatic heterocycles. The molecule has 1 unspecified atom stereocenters. The highest BCUT2D eigenvalue weighted by molar-refractivity contribution is 9.10. The van der Waals surface area contributed by atoms with E-state index in [1.807, 2.05) is 18.2 Å². The average Bonchev–Trinajstić information content (AvgIpc) is 2.58. The van der Waals surface area contributed by atoms with E-state index in [2.05, 4.69) is 40.0 Å². The molecule has 1 N–H and O–H groups in total. The Bertz CT molecular complexity index is 604. The summed E-state index contributed by atoms with van der Waals surface area (Å²) < 4.78 is 12.0. The van der Waals surface area contributed by atoms with E-state index >= 15 is 0 Å². The Balaban J connectivity index is 1.83. The molecular formula is C19H27BrN2O3. The topological polar surface area (TPSA) is 50.8 Å². The van der Waals surface area contributed by atoms with Crippen LogP contribution >= 0.6 is 15.9 Å². The Kier molecular flexibility index (Phi) is 7.93. The van der Waals surface area contributed by atoms with Gasteiger partial charge in [-0.15, -0.1) is 0 Å². The lowest BCUT2D eigenvalue weighted by Crippen LogP contribution is -2.48. The van der Waals surface area contributed by atoms with Gasteiger partial charge in [0.05, 0.1) is 19.8 Å². The van der Waals surface area contributed by atoms with Crippen LogP contribution < -0.4 is 10.1 Å². The molecule has 1 amide bonds. The van der Waals surface area contributed by atoms with Crippen molar-refractivity contribution in [3.05, 3.63) is 34.3 Å².